The van der Waals surface area contributed by atoms with Crippen molar-refractivity contribution in [1.29, 1.82) is 0 Å². The number of amides is 3. The van der Waals surface area contributed by atoms with Gasteiger partial charge in [0.25, 0.3) is 0 Å². The van der Waals surface area contributed by atoms with Gasteiger partial charge in [0.1, 0.15) is 18.1 Å². The fourth-order valence-electron chi connectivity index (χ4n) is 4.18. The maximum Gasteiger partial charge on any atom is 0.322 e. The molecule has 1 N–H and O–H groups in total. The number of halogens is 1. The van der Waals surface area contributed by atoms with Crippen molar-refractivity contribution in [2.24, 2.45) is 0 Å². The quantitative estimate of drug-likeness (QED) is 0.420. The predicted molar refractivity (Wildman–Crippen MR) is 135 cm³/mol. The van der Waals surface area contributed by atoms with Gasteiger partial charge >= 0.3 is 6.03 Å². The predicted octanol–water partition coefficient (Wildman–Crippen LogP) is 5.22. The summed E-state index contributed by atoms with van der Waals surface area (Å²) in [6.07, 6.45) is 4.13. The van der Waals surface area contributed by atoms with Crippen molar-refractivity contribution in [3.63, 3.8) is 0 Å². The lowest BCUT2D eigenvalue weighted by Gasteiger charge is -2.29. The number of carbonyl (C=O) groups excluding carboxylic acids is 2. The molecule has 1 saturated heterocycles. The number of hydrogen-bond donors (Lipinski definition) is 1. The van der Waals surface area contributed by atoms with Crippen LogP contribution in [0.1, 0.15) is 36.7 Å². The average Bonchev–Trinajstić information content (AvgIpc) is 3.59. The second-order valence-corrected chi connectivity index (χ2v) is 8.95. The van der Waals surface area contributed by atoms with Gasteiger partial charge in [0, 0.05) is 25.4 Å². The smallest absolute Gasteiger partial charge is 0.322 e. The molecule has 8 heteroatoms. The fraction of sp³-hybridized carbons (Fsp3) is 0.357. The second-order valence-electron chi connectivity index (χ2n) is 8.95. The van der Waals surface area contributed by atoms with Crippen molar-refractivity contribution < 1.29 is 23.1 Å². The first-order valence-corrected chi connectivity index (χ1v) is 12.3. The topological polar surface area (TPSA) is 75.0 Å². The Morgan fingerprint density at radius 1 is 1.00 bits per heavy atom. The van der Waals surface area contributed by atoms with Crippen LogP contribution in [0.2, 0.25) is 0 Å². The van der Waals surface area contributed by atoms with E-state index in [9.17, 15) is 14.0 Å². The molecular formula is C28H32FN3O4. The maximum absolute atomic E-state index is 13.5. The van der Waals surface area contributed by atoms with E-state index in [2.05, 4.69) is 12.2 Å². The molecule has 7 nitrogen and oxygen atoms in total. The molecule has 3 amide bonds. The molecule has 2 heterocycles. The first-order valence-electron chi connectivity index (χ1n) is 12.3. The van der Waals surface area contributed by atoms with Crippen LogP contribution in [0.15, 0.2) is 71.3 Å². The van der Waals surface area contributed by atoms with E-state index in [-0.39, 0.29) is 43.5 Å². The largest absolute Gasteiger partial charge is 0.467 e. The molecule has 4 rings (SSSR count). The van der Waals surface area contributed by atoms with Crippen molar-refractivity contribution in [3.8, 4) is 0 Å². The highest BCUT2D eigenvalue weighted by Crippen LogP contribution is 2.17. The van der Waals surface area contributed by atoms with Crippen LogP contribution < -0.4 is 5.32 Å². The van der Waals surface area contributed by atoms with Crippen molar-refractivity contribution in [2.45, 2.75) is 45.4 Å². The van der Waals surface area contributed by atoms with E-state index >= 15 is 0 Å². The minimum atomic E-state index is -0.358. The standard InChI is InChI=1S/C28H32FN3O4/c1-2-21-9-13-24(14-10-21)30-28(34)32(19-26-6-4-16-36-26)20-27(33)31(18-25-5-3-15-35-25)17-22-7-11-23(29)12-8-22/h3,5,7-15,26H,2,4,6,16-20H2,1H3,(H,30,34). The summed E-state index contributed by atoms with van der Waals surface area (Å²) in [4.78, 5) is 29.9. The molecule has 1 aliphatic rings. The summed E-state index contributed by atoms with van der Waals surface area (Å²) in [7, 11) is 0. The normalized spacial score (nSPS) is 15.0. The number of nitrogens with one attached hydrogen (secondary N) is 1. The van der Waals surface area contributed by atoms with E-state index in [0.717, 1.165) is 24.8 Å². The summed E-state index contributed by atoms with van der Waals surface area (Å²) in [5, 5.41) is 2.91. The van der Waals surface area contributed by atoms with Gasteiger partial charge in [0.05, 0.1) is 18.9 Å². The van der Waals surface area contributed by atoms with Gasteiger partial charge < -0.3 is 24.3 Å². The van der Waals surface area contributed by atoms with Gasteiger partial charge in [-0.05, 0) is 66.8 Å². The lowest BCUT2D eigenvalue weighted by molar-refractivity contribution is -0.133. The van der Waals surface area contributed by atoms with E-state index in [4.69, 9.17) is 9.15 Å². The SMILES string of the molecule is CCc1ccc(NC(=O)N(CC(=O)N(Cc2ccc(F)cc2)Cc2ccco2)CC2CCCO2)cc1. The van der Waals surface area contributed by atoms with Gasteiger partial charge in [-0.1, -0.05) is 31.2 Å². The third-order valence-corrected chi connectivity index (χ3v) is 6.24. The second kappa shape index (κ2) is 12.4. The first-order chi connectivity index (χ1) is 17.5. The van der Waals surface area contributed by atoms with Gasteiger partial charge in [-0.15, -0.1) is 0 Å². The summed E-state index contributed by atoms with van der Waals surface area (Å²) in [5.41, 5.74) is 2.62. The van der Waals surface area contributed by atoms with Crippen LogP contribution in [0.5, 0.6) is 0 Å². The van der Waals surface area contributed by atoms with Crippen molar-refractivity contribution in [3.05, 3.63) is 89.6 Å². The minimum Gasteiger partial charge on any atom is -0.467 e. The molecule has 1 aliphatic heterocycles. The van der Waals surface area contributed by atoms with E-state index in [1.807, 2.05) is 24.3 Å². The van der Waals surface area contributed by atoms with Crippen LogP contribution in [-0.4, -0.2) is 47.5 Å². The van der Waals surface area contributed by atoms with Gasteiger partial charge in [0.15, 0.2) is 0 Å². The van der Waals surface area contributed by atoms with Crippen LogP contribution in [0.4, 0.5) is 14.9 Å². The molecule has 0 bridgehead atoms. The molecule has 1 atom stereocenters. The molecule has 3 aromatic rings. The van der Waals surface area contributed by atoms with Crippen molar-refractivity contribution >= 4 is 17.6 Å². The van der Waals surface area contributed by atoms with Gasteiger partial charge in [0.2, 0.25) is 5.91 Å². The Morgan fingerprint density at radius 3 is 2.39 bits per heavy atom. The van der Waals surface area contributed by atoms with E-state index in [1.165, 1.54) is 22.6 Å². The Kier molecular flexibility index (Phi) is 8.73. The highest BCUT2D eigenvalue weighted by molar-refractivity contribution is 5.92. The highest BCUT2D eigenvalue weighted by atomic mass is 19.1. The third-order valence-electron chi connectivity index (χ3n) is 6.24. The van der Waals surface area contributed by atoms with Gasteiger partial charge in [-0.3, -0.25) is 4.79 Å². The van der Waals surface area contributed by atoms with Crippen LogP contribution in [0.3, 0.4) is 0 Å². The number of nitrogens with zero attached hydrogens (tertiary/aromatic N) is 2. The van der Waals surface area contributed by atoms with Crippen molar-refractivity contribution in [2.75, 3.05) is 25.0 Å². The Labute approximate surface area is 210 Å². The number of anilines is 1. The molecule has 0 radical (unpaired) electrons. The third kappa shape index (κ3) is 7.18. The molecule has 0 aliphatic carbocycles. The molecular weight excluding hydrogens is 461 g/mol. The van der Waals surface area contributed by atoms with Gasteiger partial charge in [-0.2, -0.15) is 0 Å². The summed E-state index contributed by atoms with van der Waals surface area (Å²) < 4.78 is 24.6. The maximum atomic E-state index is 13.5. The Hall–Kier alpha value is -3.65. The number of furan rings is 1. The number of hydrogen-bond acceptors (Lipinski definition) is 4. The molecule has 2 aromatic carbocycles. The minimum absolute atomic E-state index is 0.110. The molecule has 1 fully saturated rings. The molecule has 190 valence electrons. The zero-order valence-corrected chi connectivity index (χ0v) is 20.5. The number of rotatable bonds is 10. The fourth-order valence-corrected chi connectivity index (χ4v) is 4.18. The summed E-state index contributed by atoms with van der Waals surface area (Å²) in [6, 6.07) is 16.9. The number of carbonyl (C=O) groups is 2. The zero-order valence-electron chi connectivity index (χ0n) is 20.5. The number of aryl methyl sites for hydroxylation is 1. The summed E-state index contributed by atoms with van der Waals surface area (Å²) in [5.74, 6) is 0.0378. The summed E-state index contributed by atoms with van der Waals surface area (Å²) >= 11 is 0. The highest BCUT2D eigenvalue weighted by Gasteiger charge is 2.27. The average molecular weight is 494 g/mol. The van der Waals surface area contributed by atoms with Crippen molar-refractivity contribution in [1.82, 2.24) is 9.80 Å². The lowest BCUT2D eigenvalue weighted by atomic mass is 10.1. The lowest BCUT2D eigenvalue weighted by Crippen LogP contribution is -2.46. The number of benzene rings is 2. The first kappa shape index (κ1) is 25.4. The Balaban J connectivity index is 1.49. The molecule has 1 aromatic heterocycles. The molecule has 0 saturated carbocycles. The monoisotopic (exact) mass is 493 g/mol. The Morgan fingerprint density at radius 2 is 1.75 bits per heavy atom. The van der Waals surface area contributed by atoms with Crippen LogP contribution >= 0.6 is 0 Å². The number of ether oxygens (including phenoxy) is 1. The molecule has 1 unspecified atom stereocenters. The van der Waals surface area contributed by atoms with E-state index in [1.54, 1.807) is 35.4 Å². The number of urea groups is 1. The van der Waals surface area contributed by atoms with Gasteiger partial charge in [-0.25, -0.2) is 9.18 Å². The van der Waals surface area contributed by atoms with E-state index in [0.29, 0.717) is 24.6 Å². The van der Waals surface area contributed by atoms with Crippen LogP contribution in [0.25, 0.3) is 0 Å². The van der Waals surface area contributed by atoms with Crippen LogP contribution in [-0.2, 0) is 29.0 Å². The van der Waals surface area contributed by atoms with E-state index < -0.39 is 0 Å². The molecule has 36 heavy (non-hydrogen) atoms. The summed E-state index contributed by atoms with van der Waals surface area (Å²) in [6.45, 7) is 3.41. The van der Waals surface area contributed by atoms with Crippen LogP contribution in [0, 0.1) is 5.82 Å². The zero-order chi connectivity index (χ0) is 25.3. The Bertz CT molecular complexity index is 1110. The molecule has 0 spiro atoms.